The summed E-state index contributed by atoms with van der Waals surface area (Å²) in [6, 6.07) is 2.43. The second kappa shape index (κ2) is 6.07. The molecule has 0 aliphatic carbocycles. The van der Waals surface area contributed by atoms with Gasteiger partial charge in [0, 0.05) is 26.6 Å². The molecule has 1 aliphatic rings. The highest BCUT2D eigenvalue weighted by molar-refractivity contribution is 5.72. The van der Waals surface area contributed by atoms with E-state index in [2.05, 4.69) is 5.32 Å². The summed E-state index contributed by atoms with van der Waals surface area (Å²) in [5.41, 5.74) is 6.16. The summed E-state index contributed by atoms with van der Waals surface area (Å²) in [5.74, 6) is -1.44. The van der Waals surface area contributed by atoms with Gasteiger partial charge < -0.3 is 16.0 Å². The van der Waals surface area contributed by atoms with Gasteiger partial charge in [-0.25, -0.2) is 8.78 Å². The molecule has 0 unspecified atom stereocenters. The van der Waals surface area contributed by atoms with Crippen LogP contribution in [0.3, 0.4) is 0 Å². The average molecular weight is 283 g/mol. The van der Waals surface area contributed by atoms with Gasteiger partial charge in [0.15, 0.2) is 11.6 Å². The molecule has 1 aromatic carbocycles. The average Bonchev–Trinajstić information content (AvgIpc) is 2.42. The summed E-state index contributed by atoms with van der Waals surface area (Å²) in [4.78, 5) is 12.6. The monoisotopic (exact) mass is 283 g/mol. The zero-order chi connectivity index (χ0) is 14.7. The lowest BCUT2D eigenvalue weighted by Gasteiger charge is -2.34. The summed E-state index contributed by atoms with van der Waals surface area (Å²) >= 11 is 0. The normalized spacial score (nSPS) is 16.2. The van der Waals surface area contributed by atoms with E-state index in [1.807, 2.05) is 0 Å². The fourth-order valence-electron chi connectivity index (χ4n) is 2.53. The Morgan fingerprint density at radius 2 is 2.05 bits per heavy atom. The molecule has 2 rings (SSSR count). The number of piperidine rings is 1. The number of amides is 1. The van der Waals surface area contributed by atoms with Gasteiger partial charge >= 0.3 is 0 Å². The van der Waals surface area contributed by atoms with Crippen molar-refractivity contribution in [2.75, 3.05) is 30.3 Å². The van der Waals surface area contributed by atoms with Crippen molar-refractivity contribution in [2.24, 2.45) is 5.92 Å². The molecular formula is C14H19F2N3O. The van der Waals surface area contributed by atoms with Crippen LogP contribution in [0.4, 0.5) is 20.2 Å². The van der Waals surface area contributed by atoms with Gasteiger partial charge in [-0.3, -0.25) is 4.79 Å². The Labute approximate surface area is 116 Å². The number of hydrogen-bond acceptors (Lipinski definition) is 3. The molecule has 0 spiro atoms. The molecule has 0 bridgehead atoms. The van der Waals surface area contributed by atoms with E-state index in [4.69, 9.17) is 5.73 Å². The molecule has 0 saturated carbocycles. The zero-order valence-electron chi connectivity index (χ0n) is 11.5. The number of benzene rings is 1. The molecule has 0 radical (unpaired) electrons. The number of nitrogens with two attached hydrogens (primary N) is 1. The van der Waals surface area contributed by atoms with Crippen molar-refractivity contribution in [3.05, 3.63) is 23.8 Å². The molecule has 6 heteroatoms. The second-order valence-corrected chi connectivity index (χ2v) is 5.17. The van der Waals surface area contributed by atoms with E-state index in [0.717, 1.165) is 18.9 Å². The summed E-state index contributed by atoms with van der Waals surface area (Å²) in [5, 5.41) is 2.79. The molecule has 1 fully saturated rings. The highest BCUT2D eigenvalue weighted by Crippen LogP contribution is 2.31. The Bertz CT molecular complexity index is 499. The minimum atomic E-state index is -0.884. The number of nitrogen functional groups attached to an aromatic ring is 1. The molecule has 1 saturated heterocycles. The lowest BCUT2D eigenvalue weighted by molar-refractivity contribution is -0.119. The molecule has 0 atom stereocenters. The molecule has 1 aromatic rings. The van der Waals surface area contributed by atoms with Crippen molar-refractivity contribution >= 4 is 17.3 Å². The first-order valence-corrected chi connectivity index (χ1v) is 6.72. The van der Waals surface area contributed by atoms with E-state index in [9.17, 15) is 13.6 Å². The summed E-state index contributed by atoms with van der Waals surface area (Å²) in [6.07, 6.45) is 1.63. The van der Waals surface area contributed by atoms with E-state index < -0.39 is 11.6 Å². The fraction of sp³-hybridized carbons (Fsp3) is 0.500. The summed E-state index contributed by atoms with van der Waals surface area (Å²) in [7, 11) is 0. The Hall–Kier alpha value is -1.85. The molecule has 3 N–H and O–H groups in total. The third kappa shape index (κ3) is 3.18. The maximum Gasteiger partial charge on any atom is 0.216 e. The van der Waals surface area contributed by atoms with Crippen LogP contribution in [0, 0.1) is 17.6 Å². The third-order valence-electron chi connectivity index (χ3n) is 3.67. The van der Waals surface area contributed by atoms with Gasteiger partial charge in [0.1, 0.15) is 0 Å². The number of anilines is 2. The predicted molar refractivity (Wildman–Crippen MR) is 74.4 cm³/mol. The SMILES string of the molecule is CC(=O)NCC1CCN(c2c(N)ccc(F)c2F)CC1. The van der Waals surface area contributed by atoms with Gasteiger partial charge in [0.25, 0.3) is 0 Å². The van der Waals surface area contributed by atoms with Gasteiger partial charge in [0.05, 0.1) is 11.4 Å². The first kappa shape index (κ1) is 14.6. The van der Waals surface area contributed by atoms with E-state index in [1.165, 1.54) is 13.0 Å². The topological polar surface area (TPSA) is 58.4 Å². The summed E-state index contributed by atoms with van der Waals surface area (Å²) < 4.78 is 27.1. The van der Waals surface area contributed by atoms with Crippen molar-refractivity contribution < 1.29 is 13.6 Å². The minimum absolute atomic E-state index is 0.0483. The first-order valence-electron chi connectivity index (χ1n) is 6.72. The van der Waals surface area contributed by atoms with Crippen molar-refractivity contribution in [3.8, 4) is 0 Å². The Morgan fingerprint density at radius 1 is 1.40 bits per heavy atom. The number of rotatable bonds is 3. The molecule has 110 valence electrons. The standard InChI is InChI=1S/C14H19F2N3O/c1-9(20)18-8-10-4-6-19(7-5-10)14-12(17)3-2-11(15)13(14)16/h2-3,10H,4-8,17H2,1H3,(H,18,20). The highest BCUT2D eigenvalue weighted by Gasteiger charge is 2.24. The Morgan fingerprint density at radius 3 is 2.65 bits per heavy atom. The van der Waals surface area contributed by atoms with Gasteiger partial charge in [-0.1, -0.05) is 0 Å². The molecular weight excluding hydrogens is 264 g/mol. The van der Waals surface area contributed by atoms with E-state index in [-0.39, 0.29) is 17.3 Å². The van der Waals surface area contributed by atoms with Crippen LogP contribution in [0.25, 0.3) is 0 Å². The van der Waals surface area contributed by atoms with Crippen LogP contribution in [-0.4, -0.2) is 25.5 Å². The minimum Gasteiger partial charge on any atom is -0.397 e. The van der Waals surface area contributed by atoms with Crippen LogP contribution in [0.5, 0.6) is 0 Å². The number of carbonyl (C=O) groups is 1. The van der Waals surface area contributed by atoms with Crippen molar-refractivity contribution in [3.63, 3.8) is 0 Å². The molecule has 4 nitrogen and oxygen atoms in total. The maximum atomic E-state index is 13.8. The molecule has 20 heavy (non-hydrogen) atoms. The van der Waals surface area contributed by atoms with Gasteiger partial charge in [0.2, 0.25) is 5.91 Å². The van der Waals surface area contributed by atoms with Crippen LogP contribution < -0.4 is 16.0 Å². The molecule has 1 amide bonds. The lowest BCUT2D eigenvalue weighted by Crippen LogP contribution is -2.39. The van der Waals surface area contributed by atoms with Gasteiger partial charge in [-0.2, -0.15) is 0 Å². The van der Waals surface area contributed by atoms with Crippen LogP contribution in [0.1, 0.15) is 19.8 Å². The van der Waals surface area contributed by atoms with E-state index >= 15 is 0 Å². The number of carbonyl (C=O) groups excluding carboxylic acids is 1. The molecule has 0 aromatic heterocycles. The van der Waals surface area contributed by atoms with Gasteiger partial charge in [-0.15, -0.1) is 0 Å². The fourth-order valence-corrected chi connectivity index (χ4v) is 2.53. The maximum absolute atomic E-state index is 13.8. The van der Waals surface area contributed by atoms with E-state index in [0.29, 0.717) is 25.6 Å². The zero-order valence-corrected chi connectivity index (χ0v) is 11.5. The smallest absolute Gasteiger partial charge is 0.216 e. The number of nitrogens with zero attached hydrogens (tertiary/aromatic N) is 1. The van der Waals surface area contributed by atoms with Crippen LogP contribution in [0.15, 0.2) is 12.1 Å². The van der Waals surface area contributed by atoms with Crippen molar-refractivity contribution in [2.45, 2.75) is 19.8 Å². The number of hydrogen-bond donors (Lipinski definition) is 2. The largest absolute Gasteiger partial charge is 0.397 e. The Kier molecular flexibility index (Phi) is 4.42. The van der Waals surface area contributed by atoms with Crippen LogP contribution in [-0.2, 0) is 4.79 Å². The highest BCUT2D eigenvalue weighted by atomic mass is 19.2. The predicted octanol–water partition coefficient (Wildman–Crippen LogP) is 1.90. The second-order valence-electron chi connectivity index (χ2n) is 5.17. The molecule has 1 aliphatic heterocycles. The Balaban J connectivity index is 2.01. The quantitative estimate of drug-likeness (QED) is 0.833. The van der Waals surface area contributed by atoms with E-state index in [1.54, 1.807) is 4.90 Å². The third-order valence-corrected chi connectivity index (χ3v) is 3.67. The first-order chi connectivity index (χ1) is 9.49. The number of halogens is 2. The van der Waals surface area contributed by atoms with Crippen molar-refractivity contribution in [1.82, 2.24) is 5.32 Å². The van der Waals surface area contributed by atoms with Gasteiger partial charge in [-0.05, 0) is 30.9 Å². The lowest BCUT2D eigenvalue weighted by atomic mass is 9.96. The molecule has 1 heterocycles. The van der Waals surface area contributed by atoms with Crippen LogP contribution >= 0.6 is 0 Å². The summed E-state index contributed by atoms with van der Waals surface area (Å²) in [6.45, 7) is 3.33. The number of nitrogens with one attached hydrogen (secondary N) is 1. The van der Waals surface area contributed by atoms with Crippen LogP contribution in [0.2, 0.25) is 0 Å². The van der Waals surface area contributed by atoms with Crippen molar-refractivity contribution in [1.29, 1.82) is 0 Å².